The smallest absolute Gasteiger partial charge is 0.343 e. The van der Waals surface area contributed by atoms with Gasteiger partial charge in [0.05, 0.1) is 24.4 Å². The van der Waals surface area contributed by atoms with Crippen molar-refractivity contribution in [2.75, 3.05) is 7.11 Å². The van der Waals surface area contributed by atoms with Gasteiger partial charge in [-0.2, -0.15) is 5.10 Å². The maximum Gasteiger partial charge on any atom is 0.343 e. The molecule has 0 aliphatic carbocycles. The van der Waals surface area contributed by atoms with Crippen molar-refractivity contribution in [1.82, 2.24) is 5.01 Å². The molecule has 0 unspecified atom stereocenters. The molecule has 0 radical (unpaired) electrons. The Labute approximate surface area is 209 Å². The number of carbonyl (C=O) groups excluding carboxylic acids is 1. The van der Waals surface area contributed by atoms with Gasteiger partial charge in [-0.3, -0.25) is 0 Å². The molecule has 0 saturated heterocycles. The molecular weight excluding hydrogens is 452 g/mol. The minimum atomic E-state index is -0.403. The van der Waals surface area contributed by atoms with Gasteiger partial charge in [0.1, 0.15) is 17.2 Å². The minimum absolute atomic E-state index is 0.0626. The first-order chi connectivity index (χ1) is 17.7. The highest BCUT2D eigenvalue weighted by Crippen LogP contribution is 2.47. The van der Waals surface area contributed by atoms with Gasteiger partial charge in [-0.05, 0) is 72.3 Å². The van der Waals surface area contributed by atoms with Crippen LogP contribution in [0.15, 0.2) is 108 Å². The topological polar surface area (TPSA) is 60.4 Å². The molecule has 6 rings (SSSR count). The number of hydrogen-bond donors (Lipinski definition) is 0. The molecule has 2 atom stereocenters. The van der Waals surface area contributed by atoms with E-state index >= 15 is 0 Å². The van der Waals surface area contributed by atoms with Gasteiger partial charge in [0, 0.05) is 17.5 Å². The summed E-state index contributed by atoms with van der Waals surface area (Å²) < 4.78 is 17.3. The number of rotatable bonds is 5. The Morgan fingerprint density at radius 1 is 0.861 bits per heavy atom. The van der Waals surface area contributed by atoms with Gasteiger partial charge in [0.15, 0.2) is 0 Å². The van der Waals surface area contributed by atoms with E-state index in [4.69, 9.17) is 19.3 Å². The van der Waals surface area contributed by atoms with Gasteiger partial charge in [0.25, 0.3) is 0 Å². The fraction of sp³-hybridized carbons (Fsp3) is 0.133. The summed E-state index contributed by atoms with van der Waals surface area (Å²) in [6.07, 6.45) is 0.371. The van der Waals surface area contributed by atoms with E-state index in [-0.39, 0.29) is 12.0 Å². The second-order valence-electron chi connectivity index (χ2n) is 8.71. The van der Waals surface area contributed by atoms with Crippen LogP contribution in [0.5, 0.6) is 17.2 Å². The second kappa shape index (κ2) is 9.23. The Kier molecular flexibility index (Phi) is 5.62. The average molecular weight is 477 g/mol. The Hall–Kier alpha value is -4.58. The van der Waals surface area contributed by atoms with Crippen LogP contribution in [0.2, 0.25) is 0 Å². The van der Waals surface area contributed by atoms with E-state index < -0.39 is 6.23 Å². The molecule has 2 aliphatic heterocycles. The van der Waals surface area contributed by atoms with Crippen LogP contribution in [-0.4, -0.2) is 23.8 Å². The van der Waals surface area contributed by atoms with Crippen molar-refractivity contribution in [3.8, 4) is 17.2 Å². The standard InChI is InChI=1S/C30H24N2O4/c1-34-23-15-11-20(12-16-23)26-19-27-25-9-5-6-10-28(25)36-29(32(27)31-26)21-13-17-24(18-14-21)35-30(33)22-7-3-2-4-8-22/h2-18,27,29H,19H2,1H3/t27-,29+/m0/s1. The maximum absolute atomic E-state index is 12.4. The van der Waals surface area contributed by atoms with Crippen LogP contribution in [-0.2, 0) is 0 Å². The third-order valence-corrected chi connectivity index (χ3v) is 6.51. The van der Waals surface area contributed by atoms with E-state index in [0.717, 1.165) is 40.3 Å². The molecule has 0 saturated carbocycles. The third kappa shape index (κ3) is 4.07. The van der Waals surface area contributed by atoms with Crippen molar-refractivity contribution in [1.29, 1.82) is 0 Å². The van der Waals surface area contributed by atoms with Crippen LogP contribution in [0.3, 0.4) is 0 Å². The summed E-state index contributed by atoms with van der Waals surface area (Å²) >= 11 is 0. The predicted octanol–water partition coefficient (Wildman–Crippen LogP) is 6.16. The second-order valence-corrected chi connectivity index (χ2v) is 8.71. The normalized spacial score (nSPS) is 17.9. The fourth-order valence-electron chi connectivity index (χ4n) is 4.65. The monoisotopic (exact) mass is 476 g/mol. The molecule has 4 aromatic rings. The minimum Gasteiger partial charge on any atom is -0.497 e. The highest BCUT2D eigenvalue weighted by Gasteiger charge is 2.40. The number of nitrogens with zero attached hydrogens (tertiary/aromatic N) is 2. The lowest BCUT2D eigenvalue weighted by Crippen LogP contribution is -2.33. The van der Waals surface area contributed by atoms with Crippen molar-refractivity contribution in [2.45, 2.75) is 18.7 Å². The summed E-state index contributed by atoms with van der Waals surface area (Å²) in [5, 5.41) is 7.04. The van der Waals surface area contributed by atoms with Crippen molar-refractivity contribution in [3.05, 3.63) is 125 Å². The first-order valence-electron chi connectivity index (χ1n) is 11.8. The summed E-state index contributed by atoms with van der Waals surface area (Å²) in [5.41, 5.74) is 4.61. The number of methoxy groups -OCH3 is 1. The summed E-state index contributed by atoms with van der Waals surface area (Å²) in [6.45, 7) is 0. The number of fused-ring (bicyclic) bond motifs is 3. The Bertz CT molecular complexity index is 1420. The average Bonchev–Trinajstić information content (AvgIpc) is 3.39. The largest absolute Gasteiger partial charge is 0.497 e. The third-order valence-electron chi connectivity index (χ3n) is 6.51. The van der Waals surface area contributed by atoms with E-state index in [2.05, 4.69) is 6.07 Å². The first kappa shape index (κ1) is 21.9. The molecule has 4 aromatic carbocycles. The van der Waals surface area contributed by atoms with Gasteiger partial charge in [-0.15, -0.1) is 0 Å². The number of hydrazone groups is 1. The van der Waals surface area contributed by atoms with Gasteiger partial charge in [-0.1, -0.05) is 36.4 Å². The molecule has 0 spiro atoms. The highest BCUT2D eigenvalue weighted by atomic mass is 16.5. The van der Waals surface area contributed by atoms with Crippen LogP contribution in [0, 0.1) is 0 Å². The Morgan fingerprint density at radius 2 is 1.56 bits per heavy atom. The zero-order valence-corrected chi connectivity index (χ0v) is 19.7. The molecule has 6 heteroatoms. The van der Waals surface area contributed by atoms with Crippen LogP contribution in [0.1, 0.15) is 45.7 Å². The number of ether oxygens (including phenoxy) is 3. The lowest BCUT2D eigenvalue weighted by atomic mass is 9.96. The molecule has 0 aromatic heterocycles. The molecule has 0 amide bonds. The van der Waals surface area contributed by atoms with Crippen molar-refractivity contribution in [3.63, 3.8) is 0 Å². The highest BCUT2D eigenvalue weighted by molar-refractivity contribution is 6.02. The molecule has 6 nitrogen and oxygen atoms in total. The van der Waals surface area contributed by atoms with Crippen LogP contribution >= 0.6 is 0 Å². The fourth-order valence-corrected chi connectivity index (χ4v) is 4.65. The quantitative estimate of drug-likeness (QED) is 0.255. The van der Waals surface area contributed by atoms with E-state index in [0.29, 0.717) is 11.3 Å². The SMILES string of the molecule is COc1ccc(C2=NN3[C@@H](c4ccc(OC(=O)c5ccccc5)cc4)Oc4ccccc4[C@@H]3C2)cc1. The Morgan fingerprint density at radius 3 is 2.31 bits per heavy atom. The maximum atomic E-state index is 12.4. The predicted molar refractivity (Wildman–Crippen MR) is 136 cm³/mol. The van der Waals surface area contributed by atoms with Crippen LogP contribution in [0.4, 0.5) is 0 Å². The molecule has 2 aliphatic rings. The van der Waals surface area contributed by atoms with Crippen molar-refractivity contribution >= 4 is 11.7 Å². The molecule has 178 valence electrons. The Balaban J connectivity index is 1.28. The molecular formula is C30H24N2O4. The first-order valence-corrected chi connectivity index (χ1v) is 11.8. The lowest BCUT2D eigenvalue weighted by Gasteiger charge is -2.38. The van der Waals surface area contributed by atoms with Gasteiger partial charge in [0.2, 0.25) is 6.23 Å². The number of carbonyl (C=O) groups is 1. The number of esters is 1. The zero-order valence-electron chi connectivity index (χ0n) is 19.7. The van der Waals surface area contributed by atoms with E-state index in [9.17, 15) is 4.79 Å². The van der Waals surface area contributed by atoms with E-state index in [1.165, 1.54) is 0 Å². The van der Waals surface area contributed by atoms with Crippen LogP contribution < -0.4 is 14.2 Å². The van der Waals surface area contributed by atoms with Gasteiger partial charge < -0.3 is 14.2 Å². The summed E-state index contributed by atoms with van der Waals surface area (Å²) in [6, 6.07) is 32.5. The van der Waals surface area contributed by atoms with E-state index in [1.54, 1.807) is 31.4 Å². The van der Waals surface area contributed by atoms with Gasteiger partial charge >= 0.3 is 5.97 Å². The molecule has 0 bridgehead atoms. The van der Waals surface area contributed by atoms with Crippen molar-refractivity contribution in [2.24, 2.45) is 5.10 Å². The number of hydrogen-bond acceptors (Lipinski definition) is 6. The number of benzene rings is 4. The lowest BCUT2D eigenvalue weighted by molar-refractivity contribution is -0.0190. The molecule has 0 fully saturated rings. The van der Waals surface area contributed by atoms with E-state index in [1.807, 2.05) is 77.8 Å². The molecule has 2 heterocycles. The van der Waals surface area contributed by atoms with Crippen LogP contribution in [0.25, 0.3) is 0 Å². The summed E-state index contributed by atoms with van der Waals surface area (Å²) in [7, 11) is 1.66. The zero-order chi connectivity index (χ0) is 24.5. The van der Waals surface area contributed by atoms with Crippen molar-refractivity contribution < 1.29 is 19.0 Å². The van der Waals surface area contributed by atoms with Gasteiger partial charge in [-0.25, -0.2) is 9.80 Å². The summed E-state index contributed by atoms with van der Waals surface area (Å²) in [4.78, 5) is 12.4. The molecule has 0 N–H and O–H groups in total. The number of para-hydroxylation sites is 1. The molecule has 36 heavy (non-hydrogen) atoms. The summed E-state index contributed by atoms with van der Waals surface area (Å²) in [5.74, 6) is 1.76.